The number of carbonyl (C=O) groups is 2. The number of anilines is 2. The number of benzene rings is 2. The van der Waals surface area contributed by atoms with Gasteiger partial charge in [-0.15, -0.1) is 11.3 Å². The fraction of sp³-hybridized carbons (Fsp3) is 0.130. The molecule has 0 bridgehead atoms. The molecule has 4 aromatic rings. The van der Waals surface area contributed by atoms with Gasteiger partial charge in [0.25, 0.3) is 0 Å². The van der Waals surface area contributed by atoms with Crippen molar-refractivity contribution < 1.29 is 26.8 Å². The molecule has 2 aromatic carbocycles. The molecule has 0 aliphatic carbocycles. The highest BCUT2D eigenvalue weighted by molar-refractivity contribution is 7.91. The first kappa shape index (κ1) is 25.9. The predicted molar refractivity (Wildman–Crippen MR) is 135 cm³/mol. The summed E-state index contributed by atoms with van der Waals surface area (Å²) in [5.41, 5.74) is 2.84. The van der Waals surface area contributed by atoms with Crippen molar-refractivity contribution in [2.45, 2.75) is 12.5 Å². The molecular weight excluding hydrogens is 526 g/mol. The van der Waals surface area contributed by atoms with Crippen LogP contribution in [0.25, 0.3) is 10.2 Å². The van der Waals surface area contributed by atoms with Crippen molar-refractivity contribution in [2.75, 3.05) is 16.7 Å². The molecule has 0 fully saturated rings. The number of hydrogen-bond donors (Lipinski definition) is 3. The molecule has 192 valence electrons. The summed E-state index contributed by atoms with van der Waals surface area (Å²) in [6.07, 6.45) is 1.03. The Hall–Kier alpha value is -4.17. The van der Waals surface area contributed by atoms with Gasteiger partial charge >= 0.3 is 16.2 Å². The van der Waals surface area contributed by atoms with Crippen LogP contribution in [0.2, 0.25) is 0 Å². The van der Waals surface area contributed by atoms with Gasteiger partial charge in [-0.2, -0.15) is 8.42 Å². The van der Waals surface area contributed by atoms with Crippen molar-refractivity contribution in [2.24, 2.45) is 0 Å². The molecule has 37 heavy (non-hydrogen) atoms. The molecule has 0 aliphatic heterocycles. The van der Waals surface area contributed by atoms with Crippen LogP contribution in [0.5, 0.6) is 0 Å². The van der Waals surface area contributed by atoms with E-state index < -0.39 is 39.8 Å². The fourth-order valence-electron chi connectivity index (χ4n) is 3.48. The minimum absolute atomic E-state index is 0.0390. The third-order valence-electron chi connectivity index (χ3n) is 5.13. The van der Waals surface area contributed by atoms with E-state index in [4.69, 9.17) is 0 Å². The smallest absolute Gasteiger partial charge is 0.325 e. The highest BCUT2D eigenvalue weighted by Gasteiger charge is 2.27. The molecule has 0 radical (unpaired) electrons. The number of amides is 3. The lowest BCUT2D eigenvalue weighted by Gasteiger charge is -2.25. The van der Waals surface area contributed by atoms with Gasteiger partial charge in [0.1, 0.15) is 23.5 Å². The van der Waals surface area contributed by atoms with Gasteiger partial charge in [-0.3, -0.25) is 9.52 Å². The van der Waals surface area contributed by atoms with Crippen LogP contribution in [-0.4, -0.2) is 43.4 Å². The summed E-state index contributed by atoms with van der Waals surface area (Å²) in [5, 5.41) is 2.29. The van der Waals surface area contributed by atoms with Crippen LogP contribution in [0.1, 0.15) is 5.56 Å². The normalized spacial score (nSPS) is 12.1. The average Bonchev–Trinajstić information content (AvgIpc) is 3.30. The van der Waals surface area contributed by atoms with E-state index in [1.54, 1.807) is 34.5 Å². The van der Waals surface area contributed by atoms with Crippen molar-refractivity contribution >= 4 is 55.2 Å². The second-order valence-corrected chi connectivity index (χ2v) is 10.1. The molecule has 2 heterocycles. The molecule has 0 saturated carbocycles. The van der Waals surface area contributed by atoms with E-state index in [0.717, 1.165) is 16.8 Å². The Morgan fingerprint density at radius 2 is 1.81 bits per heavy atom. The third-order valence-corrected chi connectivity index (χ3v) is 6.87. The fourth-order valence-corrected chi connectivity index (χ4v) is 4.89. The second-order valence-electron chi connectivity index (χ2n) is 7.83. The number of nitrogens with one attached hydrogen (secondary N) is 3. The van der Waals surface area contributed by atoms with Crippen LogP contribution in [0.15, 0.2) is 66.3 Å². The zero-order valence-corrected chi connectivity index (χ0v) is 20.8. The van der Waals surface area contributed by atoms with Crippen LogP contribution in [0.4, 0.5) is 25.1 Å². The highest BCUT2D eigenvalue weighted by atomic mass is 32.2. The standard InChI is InChI=1S/C23H20F2N6O4S2/c1-31(17-5-6-20-18(12-17)27-13-36-20)22(32)19(10-14-8-15(24)11-16(25)9-14)28-23(33)30-37(34,35)29-21-4-2-3-7-26-21/h2-9,11-13,19H,10H2,1H3,(H,26,29)(H2,28,30,33)/t19-/m0/s1. The number of hydrogen-bond acceptors (Lipinski definition) is 7. The first-order valence-corrected chi connectivity index (χ1v) is 13.0. The summed E-state index contributed by atoms with van der Waals surface area (Å²) in [4.78, 5) is 35.2. The van der Waals surface area contributed by atoms with Crippen LogP contribution in [-0.2, 0) is 21.4 Å². The summed E-state index contributed by atoms with van der Waals surface area (Å²) in [7, 11) is -2.96. The van der Waals surface area contributed by atoms with Gasteiger partial charge < -0.3 is 10.2 Å². The Morgan fingerprint density at radius 3 is 2.51 bits per heavy atom. The molecule has 0 unspecified atom stereocenters. The van der Waals surface area contributed by atoms with E-state index >= 15 is 0 Å². The number of likely N-dealkylation sites (N-methyl/N-ethyl adjacent to an activating group) is 1. The van der Waals surface area contributed by atoms with Gasteiger partial charge in [0, 0.05) is 31.4 Å². The SMILES string of the molecule is CN(C(=O)[C@H](Cc1cc(F)cc(F)c1)NC(=O)NS(=O)(=O)Nc1ccccn1)c1ccc2scnc2c1. The minimum atomic E-state index is -4.41. The Balaban J connectivity index is 1.55. The Labute approximate surface area is 214 Å². The number of pyridine rings is 1. The minimum Gasteiger partial charge on any atom is -0.325 e. The van der Waals surface area contributed by atoms with Gasteiger partial charge in [-0.1, -0.05) is 6.07 Å². The maximum Gasteiger partial charge on any atom is 0.330 e. The molecule has 2 aromatic heterocycles. The monoisotopic (exact) mass is 546 g/mol. The maximum atomic E-state index is 13.8. The Morgan fingerprint density at radius 1 is 1.05 bits per heavy atom. The van der Waals surface area contributed by atoms with Crippen molar-refractivity contribution in [1.29, 1.82) is 0 Å². The van der Waals surface area contributed by atoms with E-state index in [0.29, 0.717) is 17.3 Å². The lowest BCUT2D eigenvalue weighted by atomic mass is 10.0. The van der Waals surface area contributed by atoms with Gasteiger partial charge in [-0.05, 0) is 48.0 Å². The molecule has 14 heteroatoms. The number of halogens is 2. The van der Waals surface area contributed by atoms with Crippen LogP contribution < -0.4 is 19.7 Å². The quantitative estimate of drug-likeness (QED) is 0.311. The van der Waals surface area contributed by atoms with Crippen molar-refractivity contribution in [3.05, 3.63) is 83.5 Å². The summed E-state index contributed by atoms with van der Waals surface area (Å²) in [5.74, 6) is -2.43. The highest BCUT2D eigenvalue weighted by Crippen LogP contribution is 2.24. The summed E-state index contributed by atoms with van der Waals surface area (Å²) in [6.45, 7) is 0. The van der Waals surface area contributed by atoms with Gasteiger partial charge in [0.05, 0.1) is 15.7 Å². The van der Waals surface area contributed by atoms with E-state index in [-0.39, 0.29) is 17.8 Å². The topological polar surface area (TPSA) is 133 Å². The zero-order chi connectivity index (χ0) is 26.6. The lowest BCUT2D eigenvalue weighted by molar-refractivity contribution is -0.120. The Bertz CT molecular complexity index is 1530. The number of rotatable bonds is 8. The van der Waals surface area contributed by atoms with E-state index in [1.165, 1.54) is 41.6 Å². The third kappa shape index (κ3) is 6.74. The molecule has 4 rings (SSSR count). The molecule has 0 spiro atoms. The van der Waals surface area contributed by atoms with Crippen molar-refractivity contribution in [3.8, 4) is 0 Å². The van der Waals surface area contributed by atoms with E-state index in [9.17, 15) is 26.8 Å². The first-order chi connectivity index (χ1) is 17.6. The number of thiazole rings is 1. The second kappa shape index (κ2) is 10.8. The lowest BCUT2D eigenvalue weighted by Crippen LogP contribution is -2.53. The van der Waals surface area contributed by atoms with Crippen LogP contribution in [0, 0.1) is 11.6 Å². The molecule has 0 saturated heterocycles. The number of carbonyl (C=O) groups excluding carboxylic acids is 2. The van der Waals surface area contributed by atoms with Crippen LogP contribution >= 0.6 is 11.3 Å². The summed E-state index contributed by atoms with van der Waals surface area (Å²) < 4.78 is 56.9. The zero-order valence-electron chi connectivity index (χ0n) is 19.2. The van der Waals surface area contributed by atoms with Crippen molar-refractivity contribution in [1.82, 2.24) is 20.0 Å². The van der Waals surface area contributed by atoms with Crippen molar-refractivity contribution in [3.63, 3.8) is 0 Å². The molecule has 3 amide bonds. The van der Waals surface area contributed by atoms with Gasteiger partial charge in [0.2, 0.25) is 5.91 Å². The average molecular weight is 547 g/mol. The van der Waals surface area contributed by atoms with E-state index in [1.807, 2.05) is 0 Å². The molecule has 3 N–H and O–H groups in total. The number of aromatic nitrogens is 2. The summed E-state index contributed by atoms with van der Waals surface area (Å²) in [6, 6.07) is 9.70. The van der Waals surface area contributed by atoms with Crippen LogP contribution in [0.3, 0.4) is 0 Å². The number of nitrogens with zero attached hydrogens (tertiary/aromatic N) is 3. The maximum absolute atomic E-state index is 13.8. The summed E-state index contributed by atoms with van der Waals surface area (Å²) >= 11 is 1.42. The number of urea groups is 1. The number of fused-ring (bicyclic) bond motifs is 1. The van der Waals surface area contributed by atoms with Gasteiger partial charge in [0.15, 0.2) is 0 Å². The van der Waals surface area contributed by atoms with Gasteiger partial charge in [-0.25, -0.2) is 28.3 Å². The first-order valence-electron chi connectivity index (χ1n) is 10.7. The van der Waals surface area contributed by atoms with E-state index in [2.05, 4.69) is 20.0 Å². The predicted octanol–water partition coefficient (Wildman–Crippen LogP) is 3.20. The largest absolute Gasteiger partial charge is 0.330 e. The molecule has 1 atom stereocenters. The molecule has 10 nitrogen and oxygen atoms in total. The Kier molecular flexibility index (Phi) is 7.59. The molecule has 0 aliphatic rings. The molecular formula is C23H20F2N6O4S2.